The normalized spacial score (nSPS) is 17.4. The van der Waals surface area contributed by atoms with Gasteiger partial charge in [0.25, 0.3) is 0 Å². The van der Waals surface area contributed by atoms with Crippen LogP contribution >= 0.6 is 0 Å². The lowest BCUT2D eigenvalue weighted by Crippen LogP contribution is -2.26. The maximum absolute atomic E-state index is 11.6. The summed E-state index contributed by atoms with van der Waals surface area (Å²) in [6, 6.07) is 9.69. The molecule has 82 valence electrons. The quantitative estimate of drug-likeness (QED) is 0.748. The zero-order valence-corrected chi connectivity index (χ0v) is 8.74. The monoisotopic (exact) mass is 225 g/mol. The molecule has 1 aromatic carbocycles. The Morgan fingerprint density at radius 2 is 1.88 bits per heavy atom. The largest absolute Gasteiger partial charge is 0.303 e. The molecule has 17 heavy (non-hydrogen) atoms. The molecule has 0 aromatic heterocycles. The van der Waals surface area contributed by atoms with E-state index >= 15 is 0 Å². The third kappa shape index (κ3) is 1.80. The number of carbonyl (C=O) groups is 1. The van der Waals surface area contributed by atoms with E-state index in [1.807, 2.05) is 30.3 Å². The van der Waals surface area contributed by atoms with Crippen molar-refractivity contribution < 1.29 is 4.79 Å². The third-order valence-corrected chi connectivity index (χ3v) is 2.37. The Labute approximate surface area is 96.5 Å². The molecule has 0 fully saturated rings. The van der Waals surface area contributed by atoms with Crippen LogP contribution in [0.5, 0.6) is 0 Å². The van der Waals surface area contributed by atoms with Crippen molar-refractivity contribution in [2.45, 2.75) is 6.42 Å². The Balaban J connectivity index is 1.89. The molecule has 6 nitrogen and oxygen atoms in total. The van der Waals surface area contributed by atoms with Crippen LogP contribution in [0.2, 0.25) is 0 Å². The topological polar surface area (TPSA) is 78.9 Å². The van der Waals surface area contributed by atoms with E-state index in [-0.39, 0.29) is 11.5 Å². The van der Waals surface area contributed by atoms with E-state index < -0.39 is 5.91 Å². The van der Waals surface area contributed by atoms with Crippen molar-refractivity contribution in [2.24, 2.45) is 25.4 Å². The van der Waals surface area contributed by atoms with Gasteiger partial charge >= 0.3 is 5.91 Å². The van der Waals surface area contributed by atoms with Crippen LogP contribution in [0.1, 0.15) is 5.56 Å². The average molecular weight is 225 g/mol. The number of hydrogen-bond acceptors (Lipinski definition) is 5. The van der Waals surface area contributed by atoms with Gasteiger partial charge in [-0.1, -0.05) is 30.3 Å². The Hall–Kier alpha value is -2.50. The van der Waals surface area contributed by atoms with Crippen LogP contribution in [0.25, 0.3) is 0 Å². The number of carbonyl (C=O) groups excluding carboxylic acids is 1. The predicted octanol–water partition coefficient (Wildman–Crippen LogP) is 1.39. The maximum atomic E-state index is 11.6. The van der Waals surface area contributed by atoms with Gasteiger partial charge in [-0.25, -0.2) is 4.99 Å². The molecule has 2 aliphatic rings. The van der Waals surface area contributed by atoms with Gasteiger partial charge in [-0.15, -0.1) is 10.2 Å². The van der Waals surface area contributed by atoms with E-state index in [1.165, 1.54) is 0 Å². The van der Waals surface area contributed by atoms with E-state index in [0.29, 0.717) is 12.3 Å². The van der Waals surface area contributed by atoms with Gasteiger partial charge in [-0.2, -0.15) is 4.99 Å². The third-order valence-electron chi connectivity index (χ3n) is 2.37. The molecule has 0 spiro atoms. The molecule has 6 heteroatoms. The van der Waals surface area contributed by atoms with Gasteiger partial charge in [-0.05, 0) is 10.8 Å². The second-order valence-corrected chi connectivity index (χ2v) is 3.57. The predicted molar refractivity (Wildman–Crippen MR) is 62.3 cm³/mol. The Bertz CT molecular complexity index is 598. The van der Waals surface area contributed by atoms with Gasteiger partial charge in [0.1, 0.15) is 5.84 Å². The Morgan fingerprint density at radius 1 is 1.06 bits per heavy atom. The summed E-state index contributed by atoms with van der Waals surface area (Å²) >= 11 is 0. The second-order valence-electron chi connectivity index (χ2n) is 3.57. The van der Waals surface area contributed by atoms with Crippen molar-refractivity contribution in [3.63, 3.8) is 0 Å². The van der Waals surface area contributed by atoms with Crippen LogP contribution in [0.15, 0.2) is 55.8 Å². The van der Waals surface area contributed by atoms with Crippen molar-refractivity contribution in [1.82, 2.24) is 0 Å². The molecule has 0 saturated carbocycles. The summed E-state index contributed by atoms with van der Waals surface area (Å²) in [7, 11) is 0. The standard InChI is InChI=1S/C11H7N5O/c17-11-9-10(15-16-14-9)12-8(13-11)6-7-4-2-1-3-5-7/h1-5H,6H2. The minimum atomic E-state index is -0.425. The van der Waals surface area contributed by atoms with Gasteiger partial charge in [0.2, 0.25) is 11.5 Å². The van der Waals surface area contributed by atoms with E-state index in [4.69, 9.17) is 0 Å². The van der Waals surface area contributed by atoms with Crippen molar-refractivity contribution in [3.05, 3.63) is 35.9 Å². The van der Waals surface area contributed by atoms with Crippen LogP contribution in [-0.4, -0.2) is 23.3 Å². The molecule has 2 aliphatic heterocycles. The first kappa shape index (κ1) is 9.71. The Kier molecular flexibility index (Phi) is 2.18. The lowest BCUT2D eigenvalue weighted by atomic mass is 10.1. The molecular formula is C11H7N5O. The summed E-state index contributed by atoms with van der Waals surface area (Å²) in [5.74, 6) is 0.276. The molecule has 1 amide bonds. The smallest absolute Gasteiger partial charge is 0.265 e. The lowest BCUT2D eigenvalue weighted by Gasteiger charge is -2.06. The minimum Gasteiger partial charge on any atom is -0.265 e. The highest BCUT2D eigenvalue weighted by Crippen LogP contribution is 2.10. The van der Waals surface area contributed by atoms with E-state index in [9.17, 15) is 4.79 Å². The first-order valence-corrected chi connectivity index (χ1v) is 5.06. The van der Waals surface area contributed by atoms with Crippen molar-refractivity contribution in [2.75, 3.05) is 0 Å². The molecule has 1 aromatic rings. The molecule has 0 N–H and O–H groups in total. The van der Waals surface area contributed by atoms with Gasteiger partial charge < -0.3 is 0 Å². The first-order valence-electron chi connectivity index (χ1n) is 5.06. The minimum absolute atomic E-state index is 0.127. The summed E-state index contributed by atoms with van der Waals surface area (Å²) in [6.45, 7) is 0. The fourth-order valence-corrected chi connectivity index (χ4v) is 1.59. The number of hydrogen-bond donors (Lipinski definition) is 0. The molecule has 0 aliphatic carbocycles. The van der Waals surface area contributed by atoms with E-state index in [0.717, 1.165) is 5.56 Å². The highest BCUT2D eigenvalue weighted by atomic mass is 16.1. The van der Waals surface area contributed by atoms with Crippen LogP contribution in [0.4, 0.5) is 0 Å². The molecule has 0 radical (unpaired) electrons. The van der Waals surface area contributed by atoms with Crippen LogP contribution in [-0.2, 0) is 11.2 Å². The number of fused-ring (bicyclic) bond motifs is 1. The van der Waals surface area contributed by atoms with Gasteiger partial charge in [-0.3, -0.25) is 4.79 Å². The van der Waals surface area contributed by atoms with Gasteiger partial charge in [0, 0.05) is 6.42 Å². The molecular weight excluding hydrogens is 218 g/mol. The average Bonchev–Trinajstić information content (AvgIpc) is 2.79. The highest BCUT2D eigenvalue weighted by molar-refractivity contribution is 6.69. The molecule has 0 bridgehead atoms. The molecule has 0 atom stereocenters. The second kappa shape index (κ2) is 3.82. The summed E-state index contributed by atoms with van der Waals surface area (Å²) in [5.41, 5.74) is 1.17. The van der Waals surface area contributed by atoms with E-state index in [2.05, 4.69) is 25.4 Å². The molecule has 0 saturated heterocycles. The summed E-state index contributed by atoms with van der Waals surface area (Å²) in [6.07, 6.45) is 0.499. The Morgan fingerprint density at radius 3 is 2.71 bits per heavy atom. The van der Waals surface area contributed by atoms with Crippen molar-refractivity contribution >= 4 is 23.3 Å². The number of benzene rings is 1. The maximum Gasteiger partial charge on any atom is 0.303 e. The van der Waals surface area contributed by atoms with Crippen molar-refractivity contribution in [3.8, 4) is 0 Å². The zero-order valence-electron chi connectivity index (χ0n) is 8.74. The number of amidine groups is 2. The summed E-state index contributed by atoms with van der Waals surface area (Å²) in [5, 5.41) is 10.6. The number of aliphatic imine (C=N–C) groups is 2. The van der Waals surface area contributed by atoms with Crippen LogP contribution in [0, 0.1) is 0 Å². The number of amides is 1. The van der Waals surface area contributed by atoms with Gasteiger partial charge in [0.05, 0.1) is 0 Å². The number of rotatable bonds is 2. The van der Waals surface area contributed by atoms with Gasteiger partial charge in [0.15, 0.2) is 0 Å². The highest BCUT2D eigenvalue weighted by Gasteiger charge is 2.27. The van der Waals surface area contributed by atoms with Crippen LogP contribution in [0.3, 0.4) is 0 Å². The lowest BCUT2D eigenvalue weighted by molar-refractivity contribution is -0.111. The van der Waals surface area contributed by atoms with Crippen molar-refractivity contribution in [1.29, 1.82) is 0 Å². The first-order chi connectivity index (χ1) is 8.33. The molecule has 0 unspecified atom stereocenters. The fraction of sp³-hybridized carbons (Fsp3) is 0.0909. The van der Waals surface area contributed by atoms with E-state index in [1.54, 1.807) is 0 Å². The molecule has 3 rings (SSSR count). The molecule has 2 heterocycles. The zero-order chi connectivity index (χ0) is 11.7. The summed E-state index contributed by atoms with van der Waals surface area (Å²) in [4.78, 5) is 19.6. The fourth-order valence-electron chi connectivity index (χ4n) is 1.59. The number of nitrogens with zero attached hydrogens (tertiary/aromatic N) is 5. The summed E-state index contributed by atoms with van der Waals surface area (Å²) < 4.78 is 0. The SMILES string of the molecule is O=C1N=C(Cc2ccccc2)N=C2N=NN=C12. The van der Waals surface area contributed by atoms with Crippen LogP contribution < -0.4 is 0 Å².